The number of nitrogen functional groups attached to an aromatic ring is 1. The summed E-state index contributed by atoms with van der Waals surface area (Å²) in [6.07, 6.45) is 0. The van der Waals surface area contributed by atoms with Crippen molar-refractivity contribution in [1.29, 1.82) is 0 Å². The van der Waals surface area contributed by atoms with Gasteiger partial charge in [-0.25, -0.2) is 9.18 Å². The van der Waals surface area contributed by atoms with Crippen molar-refractivity contribution >= 4 is 34.9 Å². The molecule has 0 aliphatic rings. The molecule has 0 heterocycles. The number of carbonyl (C=O) groups excluding carboxylic acids is 1. The van der Waals surface area contributed by atoms with Gasteiger partial charge in [0.05, 0.1) is 5.56 Å². The third kappa shape index (κ3) is 3.40. The monoisotopic (exact) mass is 313 g/mol. The van der Waals surface area contributed by atoms with Crippen molar-refractivity contribution < 1.29 is 13.9 Å². The smallest absolute Gasteiger partial charge is 0.340 e. The molecule has 104 valence electrons. The Bertz CT molecular complexity index is 662. The van der Waals surface area contributed by atoms with Crippen LogP contribution in [0.25, 0.3) is 0 Å². The molecule has 2 N–H and O–H groups in total. The Balaban J connectivity index is 2.08. The summed E-state index contributed by atoms with van der Waals surface area (Å²) >= 11 is 11.7. The molecule has 0 saturated carbocycles. The Kier molecular flexibility index (Phi) is 4.47. The van der Waals surface area contributed by atoms with Gasteiger partial charge < -0.3 is 10.5 Å². The van der Waals surface area contributed by atoms with E-state index in [0.717, 1.165) is 12.1 Å². The number of anilines is 1. The van der Waals surface area contributed by atoms with Crippen LogP contribution in [0.1, 0.15) is 15.9 Å². The Hall–Kier alpha value is -1.78. The van der Waals surface area contributed by atoms with Gasteiger partial charge >= 0.3 is 5.97 Å². The Morgan fingerprint density at radius 3 is 2.60 bits per heavy atom. The lowest BCUT2D eigenvalue weighted by molar-refractivity contribution is 0.0474. The van der Waals surface area contributed by atoms with Crippen molar-refractivity contribution in [2.45, 2.75) is 6.61 Å². The van der Waals surface area contributed by atoms with E-state index < -0.39 is 11.8 Å². The number of halogens is 3. The summed E-state index contributed by atoms with van der Waals surface area (Å²) in [6, 6.07) is 8.33. The van der Waals surface area contributed by atoms with Crippen LogP contribution in [0.4, 0.5) is 10.1 Å². The minimum atomic E-state index is -0.645. The van der Waals surface area contributed by atoms with E-state index in [4.69, 9.17) is 33.7 Å². The Morgan fingerprint density at radius 2 is 1.95 bits per heavy atom. The third-order valence-electron chi connectivity index (χ3n) is 2.61. The highest BCUT2D eigenvalue weighted by atomic mass is 35.5. The van der Waals surface area contributed by atoms with E-state index in [0.29, 0.717) is 15.6 Å². The van der Waals surface area contributed by atoms with Crippen molar-refractivity contribution in [2.24, 2.45) is 0 Å². The standard InChI is InChI=1S/C14H10Cl2FNO2/c15-9-2-1-8(12(16)5-9)7-20-14(19)11-4-3-10(17)6-13(11)18/h1-6H,7,18H2. The second-order valence-electron chi connectivity index (χ2n) is 4.04. The zero-order valence-electron chi connectivity index (χ0n) is 10.2. The molecule has 0 aliphatic carbocycles. The second kappa shape index (κ2) is 6.11. The predicted octanol–water partition coefficient (Wildman–Crippen LogP) is 4.07. The summed E-state index contributed by atoms with van der Waals surface area (Å²) in [7, 11) is 0. The minimum Gasteiger partial charge on any atom is -0.457 e. The van der Waals surface area contributed by atoms with Crippen molar-refractivity contribution in [3.05, 3.63) is 63.4 Å². The molecule has 0 spiro atoms. The van der Waals surface area contributed by atoms with Crippen LogP contribution in [0.2, 0.25) is 10.0 Å². The number of hydrogen-bond donors (Lipinski definition) is 1. The van der Waals surface area contributed by atoms with E-state index in [2.05, 4.69) is 0 Å². The highest BCUT2D eigenvalue weighted by molar-refractivity contribution is 6.35. The summed E-state index contributed by atoms with van der Waals surface area (Å²) in [5, 5.41) is 0.894. The molecule has 0 fully saturated rings. The predicted molar refractivity (Wildman–Crippen MR) is 76.4 cm³/mol. The number of carbonyl (C=O) groups is 1. The SMILES string of the molecule is Nc1cc(F)ccc1C(=O)OCc1ccc(Cl)cc1Cl. The molecule has 0 radical (unpaired) electrons. The number of rotatable bonds is 3. The molecule has 2 aromatic carbocycles. The molecule has 0 aromatic heterocycles. The van der Waals surface area contributed by atoms with Crippen LogP contribution in [0.5, 0.6) is 0 Å². The molecule has 0 amide bonds. The fraction of sp³-hybridized carbons (Fsp3) is 0.0714. The van der Waals surface area contributed by atoms with Crippen molar-refractivity contribution in [3.8, 4) is 0 Å². The number of nitrogens with two attached hydrogens (primary N) is 1. The number of hydrogen-bond acceptors (Lipinski definition) is 3. The fourth-order valence-electron chi connectivity index (χ4n) is 1.58. The van der Waals surface area contributed by atoms with Crippen LogP contribution in [0.15, 0.2) is 36.4 Å². The van der Waals surface area contributed by atoms with Gasteiger partial charge in [-0.2, -0.15) is 0 Å². The third-order valence-corrected chi connectivity index (χ3v) is 3.19. The lowest BCUT2D eigenvalue weighted by atomic mass is 10.2. The highest BCUT2D eigenvalue weighted by Gasteiger charge is 2.13. The van der Waals surface area contributed by atoms with Crippen molar-refractivity contribution in [1.82, 2.24) is 0 Å². The van der Waals surface area contributed by atoms with Crippen LogP contribution in [0, 0.1) is 5.82 Å². The number of esters is 1. The van der Waals surface area contributed by atoms with Gasteiger partial charge in [0, 0.05) is 21.3 Å². The average molecular weight is 314 g/mol. The van der Waals surface area contributed by atoms with Gasteiger partial charge in [-0.05, 0) is 30.3 Å². The zero-order chi connectivity index (χ0) is 14.7. The van der Waals surface area contributed by atoms with E-state index in [1.165, 1.54) is 6.07 Å². The van der Waals surface area contributed by atoms with Crippen LogP contribution in [0.3, 0.4) is 0 Å². The van der Waals surface area contributed by atoms with Crippen molar-refractivity contribution in [3.63, 3.8) is 0 Å². The first-order chi connectivity index (χ1) is 9.47. The summed E-state index contributed by atoms with van der Waals surface area (Å²) in [5.74, 6) is -1.16. The molecule has 0 aliphatic heterocycles. The van der Waals surface area contributed by atoms with Crippen LogP contribution < -0.4 is 5.73 Å². The van der Waals surface area contributed by atoms with E-state index in [9.17, 15) is 9.18 Å². The van der Waals surface area contributed by atoms with Gasteiger partial charge in [-0.15, -0.1) is 0 Å². The summed E-state index contributed by atoms with van der Waals surface area (Å²) in [4.78, 5) is 11.8. The van der Waals surface area contributed by atoms with Gasteiger partial charge in [0.15, 0.2) is 0 Å². The maximum Gasteiger partial charge on any atom is 0.340 e. The van der Waals surface area contributed by atoms with Crippen LogP contribution in [-0.2, 0) is 11.3 Å². The number of benzene rings is 2. The zero-order valence-corrected chi connectivity index (χ0v) is 11.7. The van der Waals surface area contributed by atoms with Crippen LogP contribution >= 0.6 is 23.2 Å². The van der Waals surface area contributed by atoms with Gasteiger partial charge in [0.25, 0.3) is 0 Å². The molecule has 0 saturated heterocycles. The molecular weight excluding hydrogens is 304 g/mol. The van der Waals surface area contributed by atoms with Gasteiger partial charge in [-0.1, -0.05) is 29.3 Å². The summed E-state index contributed by atoms with van der Waals surface area (Å²) in [6.45, 7) is -0.0222. The molecule has 3 nitrogen and oxygen atoms in total. The van der Waals surface area contributed by atoms with E-state index in [1.807, 2.05) is 0 Å². The van der Waals surface area contributed by atoms with Crippen LogP contribution in [-0.4, -0.2) is 5.97 Å². The molecule has 2 aromatic rings. The maximum absolute atomic E-state index is 12.9. The first-order valence-electron chi connectivity index (χ1n) is 5.63. The quantitative estimate of drug-likeness (QED) is 0.686. The topological polar surface area (TPSA) is 52.3 Å². The molecule has 20 heavy (non-hydrogen) atoms. The molecule has 6 heteroatoms. The first-order valence-corrected chi connectivity index (χ1v) is 6.39. The van der Waals surface area contributed by atoms with E-state index >= 15 is 0 Å². The molecule has 0 unspecified atom stereocenters. The lowest BCUT2D eigenvalue weighted by Gasteiger charge is -2.08. The highest BCUT2D eigenvalue weighted by Crippen LogP contribution is 2.22. The molecule has 2 rings (SSSR count). The summed E-state index contributed by atoms with van der Waals surface area (Å²) < 4.78 is 18.0. The normalized spacial score (nSPS) is 10.3. The van der Waals surface area contributed by atoms with Gasteiger partial charge in [-0.3, -0.25) is 0 Å². The van der Waals surface area contributed by atoms with Crippen molar-refractivity contribution in [2.75, 3.05) is 5.73 Å². The minimum absolute atomic E-state index is 0.0222. The largest absolute Gasteiger partial charge is 0.457 e. The first kappa shape index (κ1) is 14.6. The fourth-order valence-corrected chi connectivity index (χ4v) is 2.04. The second-order valence-corrected chi connectivity index (χ2v) is 4.89. The molecule has 0 atom stereocenters. The lowest BCUT2D eigenvalue weighted by Crippen LogP contribution is -2.08. The summed E-state index contributed by atoms with van der Waals surface area (Å²) in [5.41, 5.74) is 6.31. The molecular formula is C14H10Cl2FNO2. The Labute approximate surface area is 125 Å². The van der Waals surface area contributed by atoms with Gasteiger partial charge in [0.2, 0.25) is 0 Å². The van der Waals surface area contributed by atoms with E-state index in [-0.39, 0.29) is 17.9 Å². The number of ether oxygens (including phenoxy) is 1. The average Bonchev–Trinajstić information content (AvgIpc) is 2.37. The Morgan fingerprint density at radius 1 is 1.20 bits per heavy atom. The maximum atomic E-state index is 12.9. The van der Waals surface area contributed by atoms with Gasteiger partial charge in [0.1, 0.15) is 12.4 Å². The van der Waals surface area contributed by atoms with E-state index in [1.54, 1.807) is 18.2 Å². The molecule has 0 bridgehead atoms.